The molecule has 1 fully saturated rings. The van der Waals surface area contributed by atoms with Gasteiger partial charge in [-0.15, -0.1) is 0 Å². The Labute approximate surface area is 118 Å². The number of benzene rings is 1. The van der Waals surface area contributed by atoms with Gasteiger partial charge in [-0.05, 0) is 47.3 Å². The van der Waals surface area contributed by atoms with Crippen LogP contribution in [0.15, 0.2) is 29.0 Å². The third kappa shape index (κ3) is 1.72. The van der Waals surface area contributed by atoms with Gasteiger partial charge in [0.05, 0.1) is 21.7 Å². The lowest BCUT2D eigenvalue weighted by Gasteiger charge is -2.23. The molecule has 4 nitrogen and oxygen atoms in total. The topological polar surface area (TPSA) is 42.8 Å². The Morgan fingerprint density at radius 2 is 2.37 bits per heavy atom. The van der Waals surface area contributed by atoms with Crippen molar-refractivity contribution in [1.82, 2.24) is 14.8 Å². The van der Waals surface area contributed by atoms with Crippen LogP contribution in [0.5, 0.6) is 0 Å². The van der Waals surface area contributed by atoms with Gasteiger partial charge in [0.25, 0.3) is 0 Å². The van der Waals surface area contributed by atoms with Gasteiger partial charge in [0.2, 0.25) is 0 Å². The van der Waals surface area contributed by atoms with E-state index >= 15 is 0 Å². The third-order valence-corrected chi connectivity index (χ3v) is 4.61. The quantitative estimate of drug-likeness (QED) is 0.737. The van der Waals surface area contributed by atoms with E-state index in [2.05, 4.69) is 38.1 Å². The maximum absolute atomic E-state index is 5.84. The summed E-state index contributed by atoms with van der Waals surface area (Å²) < 4.78 is 8.94. The zero-order chi connectivity index (χ0) is 12.8. The average molecular weight is 320 g/mol. The number of nitrogens with one attached hydrogen (secondary N) is 1. The normalized spacial score (nSPS) is 20.4. The van der Waals surface area contributed by atoms with Crippen LogP contribution in [0.1, 0.15) is 25.5 Å². The van der Waals surface area contributed by atoms with Gasteiger partial charge in [0, 0.05) is 23.6 Å². The van der Waals surface area contributed by atoms with Crippen molar-refractivity contribution in [3.63, 3.8) is 0 Å². The van der Waals surface area contributed by atoms with Gasteiger partial charge >= 0.3 is 0 Å². The van der Waals surface area contributed by atoms with Gasteiger partial charge in [0.15, 0.2) is 6.23 Å². The highest BCUT2D eigenvalue weighted by Crippen LogP contribution is 2.34. The SMILES string of the molecule is Brc1c2cnn(C3CCCCO3)c2cc2cc[nH]c12. The van der Waals surface area contributed by atoms with Gasteiger partial charge < -0.3 is 9.72 Å². The molecule has 1 aliphatic rings. The Kier molecular flexibility index (Phi) is 2.63. The Morgan fingerprint density at radius 3 is 3.21 bits per heavy atom. The van der Waals surface area contributed by atoms with Gasteiger partial charge in [0.1, 0.15) is 0 Å². The summed E-state index contributed by atoms with van der Waals surface area (Å²) in [5, 5.41) is 6.85. The third-order valence-electron chi connectivity index (χ3n) is 3.79. The molecule has 1 saturated heterocycles. The standard InChI is InChI=1S/C14H14BrN3O/c15-13-10-8-17-18(12-3-1-2-6-19-12)11(10)7-9-4-5-16-14(9)13/h4-5,7-8,12,16H,1-3,6H2. The molecule has 1 unspecified atom stereocenters. The molecule has 1 atom stereocenters. The van der Waals surface area contributed by atoms with Crippen molar-refractivity contribution in [3.8, 4) is 0 Å². The monoisotopic (exact) mass is 319 g/mol. The molecule has 0 radical (unpaired) electrons. The molecule has 5 heteroatoms. The number of nitrogens with zero attached hydrogens (tertiary/aromatic N) is 2. The van der Waals surface area contributed by atoms with Gasteiger partial charge in [-0.2, -0.15) is 5.10 Å². The predicted molar refractivity (Wildman–Crippen MR) is 78.1 cm³/mol. The van der Waals surface area contributed by atoms with Crippen LogP contribution < -0.4 is 0 Å². The number of hydrogen-bond acceptors (Lipinski definition) is 2. The van der Waals surface area contributed by atoms with Gasteiger partial charge in [-0.25, -0.2) is 4.68 Å². The summed E-state index contributed by atoms with van der Waals surface area (Å²) in [6, 6.07) is 4.26. The number of aromatic nitrogens is 3. The van der Waals surface area contributed by atoms with E-state index in [1.807, 2.05) is 17.1 Å². The van der Waals surface area contributed by atoms with Crippen LogP contribution in [0.25, 0.3) is 21.8 Å². The number of H-pyrrole nitrogens is 1. The van der Waals surface area contributed by atoms with Crippen molar-refractivity contribution in [1.29, 1.82) is 0 Å². The molecule has 1 aliphatic heterocycles. The van der Waals surface area contributed by atoms with E-state index in [1.54, 1.807) is 0 Å². The van der Waals surface area contributed by atoms with Crippen molar-refractivity contribution in [2.24, 2.45) is 0 Å². The van der Waals surface area contributed by atoms with Crippen LogP contribution in [0.4, 0.5) is 0 Å². The van der Waals surface area contributed by atoms with E-state index in [4.69, 9.17) is 4.74 Å². The van der Waals surface area contributed by atoms with E-state index in [-0.39, 0.29) is 6.23 Å². The predicted octanol–water partition coefficient (Wildman–Crippen LogP) is 3.98. The first kappa shape index (κ1) is 11.5. The number of ether oxygens (including phenoxy) is 1. The fourth-order valence-corrected chi connectivity index (χ4v) is 3.45. The van der Waals surface area contributed by atoms with Crippen molar-refractivity contribution >= 4 is 37.7 Å². The first-order valence-electron chi connectivity index (χ1n) is 6.59. The van der Waals surface area contributed by atoms with Crippen LogP contribution in [0, 0.1) is 0 Å². The minimum atomic E-state index is 0.0783. The Bertz CT molecular complexity index is 740. The second-order valence-electron chi connectivity index (χ2n) is 4.98. The number of rotatable bonds is 1. The van der Waals surface area contributed by atoms with Crippen LogP contribution in [-0.2, 0) is 4.74 Å². The largest absolute Gasteiger partial charge is 0.360 e. The van der Waals surface area contributed by atoms with Gasteiger partial charge in [-0.3, -0.25) is 0 Å². The summed E-state index contributed by atoms with van der Waals surface area (Å²) in [5.74, 6) is 0. The second-order valence-corrected chi connectivity index (χ2v) is 5.77. The summed E-state index contributed by atoms with van der Waals surface area (Å²) >= 11 is 3.67. The maximum Gasteiger partial charge on any atom is 0.150 e. The zero-order valence-corrected chi connectivity index (χ0v) is 12.0. The molecule has 4 rings (SSSR count). The lowest BCUT2D eigenvalue weighted by molar-refractivity contribution is -0.0366. The minimum absolute atomic E-state index is 0.0783. The Balaban J connectivity index is 1.94. The molecule has 1 N–H and O–H groups in total. The molecule has 0 bridgehead atoms. The number of aromatic amines is 1. The zero-order valence-electron chi connectivity index (χ0n) is 10.4. The summed E-state index contributed by atoms with van der Waals surface area (Å²) in [5.41, 5.74) is 2.25. The molecule has 0 amide bonds. The van der Waals surface area contributed by atoms with Gasteiger partial charge in [-0.1, -0.05) is 0 Å². The fourth-order valence-electron chi connectivity index (χ4n) is 2.80. The summed E-state index contributed by atoms with van der Waals surface area (Å²) in [6.07, 6.45) is 7.36. The van der Waals surface area contributed by atoms with E-state index in [0.29, 0.717) is 0 Å². The molecule has 3 aromatic rings. The molecule has 0 saturated carbocycles. The molecule has 98 valence electrons. The van der Waals surface area contributed by atoms with Crippen LogP contribution in [0.2, 0.25) is 0 Å². The first-order valence-corrected chi connectivity index (χ1v) is 7.38. The number of hydrogen-bond donors (Lipinski definition) is 1. The van der Waals surface area contributed by atoms with E-state index in [1.165, 1.54) is 11.8 Å². The average Bonchev–Trinajstić information content (AvgIpc) is 3.07. The lowest BCUT2D eigenvalue weighted by Crippen LogP contribution is -2.18. The molecule has 2 aromatic heterocycles. The molecule has 0 spiro atoms. The summed E-state index contributed by atoms with van der Waals surface area (Å²) in [4.78, 5) is 3.25. The fraction of sp³-hybridized carbons (Fsp3) is 0.357. The molecule has 19 heavy (non-hydrogen) atoms. The number of halogens is 1. The second kappa shape index (κ2) is 4.35. The van der Waals surface area contributed by atoms with E-state index in [0.717, 1.165) is 40.3 Å². The maximum atomic E-state index is 5.84. The number of fused-ring (bicyclic) bond motifs is 2. The molecule has 3 heterocycles. The molecule has 0 aliphatic carbocycles. The Morgan fingerprint density at radius 1 is 1.42 bits per heavy atom. The lowest BCUT2D eigenvalue weighted by atomic mass is 10.1. The van der Waals surface area contributed by atoms with Crippen LogP contribution >= 0.6 is 15.9 Å². The highest BCUT2D eigenvalue weighted by Gasteiger charge is 2.20. The smallest absolute Gasteiger partial charge is 0.150 e. The van der Waals surface area contributed by atoms with Crippen LogP contribution in [-0.4, -0.2) is 21.4 Å². The van der Waals surface area contributed by atoms with Crippen molar-refractivity contribution in [2.75, 3.05) is 6.61 Å². The summed E-state index contributed by atoms with van der Waals surface area (Å²) in [7, 11) is 0. The first-order chi connectivity index (χ1) is 9.34. The highest BCUT2D eigenvalue weighted by atomic mass is 79.9. The Hall–Kier alpha value is -1.33. The molecule has 1 aromatic carbocycles. The van der Waals surface area contributed by atoms with Crippen LogP contribution in [0.3, 0.4) is 0 Å². The highest BCUT2D eigenvalue weighted by molar-refractivity contribution is 9.10. The molecular weight excluding hydrogens is 306 g/mol. The van der Waals surface area contributed by atoms with E-state index < -0.39 is 0 Å². The van der Waals surface area contributed by atoms with E-state index in [9.17, 15) is 0 Å². The van der Waals surface area contributed by atoms with Crippen molar-refractivity contribution in [2.45, 2.75) is 25.5 Å². The van der Waals surface area contributed by atoms with Crippen molar-refractivity contribution in [3.05, 3.63) is 29.0 Å². The molecular formula is C14H14BrN3O. The van der Waals surface area contributed by atoms with Crippen molar-refractivity contribution < 1.29 is 4.74 Å². The summed E-state index contributed by atoms with van der Waals surface area (Å²) in [6.45, 7) is 0.833. The minimum Gasteiger partial charge on any atom is -0.360 e.